The minimum absolute atomic E-state index is 0.710. The normalized spacial score (nSPS) is 12.0. The Morgan fingerprint density at radius 2 is 1.86 bits per heavy atom. The number of thiazole rings is 1. The van der Waals surface area contributed by atoms with E-state index in [1.807, 2.05) is 41.1 Å². The van der Waals surface area contributed by atoms with Gasteiger partial charge in [-0.25, -0.2) is 4.68 Å². The Kier molecular flexibility index (Phi) is 6.44. The van der Waals surface area contributed by atoms with Crippen molar-refractivity contribution >= 4 is 33.5 Å². The van der Waals surface area contributed by atoms with E-state index in [4.69, 9.17) is 10.1 Å². The maximum Gasteiger partial charge on any atom is 0.206 e. The van der Waals surface area contributed by atoms with Gasteiger partial charge in [-0.2, -0.15) is 5.10 Å². The van der Waals surface area contributed by atoms with Gasteiger partial charge < -0.3 is 0 Å². The van der Waals surface area contributed by atoms with Gasteiger partial charge in [0.1, 0.15) is 0 Å². The molecule has 0 spiro atoms. The van der Waals surface area contributed by atoms with Crippen LogP contribution in [0.15, 0.2) is 98.9 Å². The summed E-state index contributed by atoms with van der Waals surface area (Å²) in [5.41, 5.74) is 4.17. The van der Waals surface area contributed by atoms with Crippen molar-refractivity contribution in [1.82, 2.24) is 9.66 Å². The Labute approximate surface area is 182 Å². The van der Waals surface area contributed by atoms with Gasteiger partial charge in [-0.1, -0.05) is 64.5 Å². The van der Waals surface area contributed by atoms with Crippen LogP contribution in [0.25, 0.3) is 11.3 Å². The molecule has 0 saturated heterocycles. The highest BCUT2D eigenvalue weighted by molar-refractivity contribution is 9.10. The summed E-state index contributed by atoms with van der Waals surface area (Å²) in [4.78, 5) is 10.0. The van der Waals surface area contributed by atoms with Crippen LogP contribution in [0.3, 0.4) is 0 Å². The molecule has 0 atom stereocenters. The van der Waals surface area contributed by atoms with Gasteiger partial charge >= 0.3 is 0 Å². The fourth-order valence-electron chi connectivity index (χ4n) is 2.86. The lowest BCUT2D eigenvalue weighted by Gasteiger charge is -2.04. The van der Waals surface area contributed by atoms with Crippen molar-refractivity contribution in [3.8, 4) is 11.3 Å². The molecule has 6 heteroatoms. The highest BCUT2D eigenvalue weighted by atomic mass is 79.9. The molecule has 4 aromatic rings. The number of aromatic nitrogens is 2. The first-order valence-electron chi connectivity index (χ1n) is 9.26. The van der Waals surface area contributed by atoms with E-state index in [-0.39, 0.29) is 0 Å². The Hall–Kier alpha value is -2.83. The monoisotopic (exact) mass is 462 g/mol. The van der Waals surface area contributed by atoms with E-state index in [0.29, 0.717) is 6.54 Å². The van der Waals surface area contributed by atoms with Crippen LogP contribution >= 0.6 is 27.3 Å². The SMILES string of the molecule is Brc1cccc(-c2csc(=NCCc3ccccc3)n2N=Cc2ccccn2)c1. The summed E-state index contributed by atoms with van der Waals surface area (Å²) in [6.07, 6.45) is 4.43. The summed E-state index contributed by atoms with van der Waals surface area (Å²) in [5.74, 6) is 0. The second kappa shape index (κ2) is 9.58. The topological polar surface area (TPSA) is 42.5 Å². The van der Waals surface area contributed by atoms with Crippen molar-refractivity contribution in [3.05, 3.63) is 105 Å². The molecule has 4 rings (SSSR count). The average molecular weight is 463 g/mol. The standard InChI is InChI=1S/C23H19BrN4S/c24-20-10-6-9-19(15-20)22-17-29-23(26-14-12-18-7-2-1-3-8-18)28(22)27-16-21-11-4-5-13-25-21/h1-11,13,15-17H,12,14H2. The van der Waals surface area contributed by atoms with E-state index in [1.54, 1.807) is 23.7 Å². The molecule has 4 nitrogen and oxygen atoms in total. The lowest BCUT2D eigenvalue weighted by molar-refractivity contribution is 0.816. The number of hydrogen-bond acceptors (Lipinski definition) is 4. The van der Waals surface area contributed by atoms with Gasteiger partial charge in [0.05, 0.1) is 17.6 Å². The van der Waals surface area contributed by atoms with Crippen LogP contribution in [0.4, 0.5) is 0 Å². The van der Waals surface area contributed by atoms with Crippen LogP contribution in [0.1, 0.15) is 11.3 Å². The van der Waals surface area contributed by atoms with Crippen molar-refractivity contribution in [2.75, 3.05) is 6.54 Å². The number of halogens is 1. The number of benzene rings is 2. The summed E-state index contributed by atoms with van der Waals surface area (Å²) in [5, 5.41) is 6.79. The fraction of sp³-hybridized carbons (Fsp3) is 0.0870. The average Bonchev–Trinajstić information content (AvgIpc) is 3.16. The van der Waals surface area contributed by atoms with E-state index >= 15 is 0 Å². The Balaban J connectivity index is 1.69. The Morgan fingerprint density at radius 1 is 1.00 bits per heavy atom. The van der Waals surface area contributed by atoms with E-state index in [9.17, 15) is 0 Å². The molecule has 0 aliphatic rings. The van der Waals surface area contributed by atoms with Crippen molar-refractivity contribution in [3.63, 3.8) is 0 Å². The molecule has 2 aromatic carbocycles. The third-order valence-electron chi connectivity index (χ3n) is 4.29. The third-order valence-corrected chi connectivity index (χ3v) is 5.64. The molecule has 144 valence electrons. The Bertz CT molecular complexity index is 1160. The summed E-state index contributed by atoms with van der Waals surface area (Å²) in [7, 11) is 0. The molecule has 0 radical (unpaired) electrons. The molecule has 0 fully saturated rings. The first kappa shape index (κ1) is 19.5. The summed E-state index contributed by atoms with van der Waals surface area (Å²) in [6.45, 7) is 0.710. The van der Waals surface area contributed by atoms with E-state index in [2.05, 4.69) is 62.7 Å². The summed E-state index contributed by atoms with van der Waals surface area (Å²) in [6, 6.07) is 24.4. The minimum atomic E-state index is 0.710. The number of hydrogen-bond donors (Lipinski definition) is 0. The van der Waals surface area contributed by atoms with Crippen LogP contribution < -0.4 is 4.80 Å². The van der Waals surface area contributed by atoms with E-state index in [0.717, 1.165) is 32.6 Å². The molecule has 0 N–H and O–H groups in total. The molecule has 0 aliphatic heterocycles. The van der Waals surface area contributed by atoms with Crippen LogP contribution in [-0.2, 0) is 6.42 Å². The van der Waals surface area contributed by atoms with Crippen molar-refractivity contribution in [1.29, 1.82) is 0 Å². The largest absolute Gasteiger partial charge is 0.257 e. The second-order valence-corrected chi connectivity index (χ2v) is 8.09. The smallest absolute Gasteiger partial charge is 0.206 e. The minimum Gasteiger partial charge on any atom is -0.257 e. The van der Waals surface area contributed by atoms with Crippen LogP contribution in [0, 0.1) is 0 Å². The predicted octanol–water partition coefficient (Wildman–Crippen LogP) is 5.40. The fourth-order valence-corrected chi connectivity index (χ4v) is 4.12. The quantitative estimate of drug-likeness (QED) is 0.353. The van der Waals surface area contributed by atoms with Gasteiger partial charge in [0, 0.05) is 28.2 Å². The van der Waals surface area contributed by atoms with Gasteiger partial charge in [-0.15, -0.1) is 11.3 Å². The van der Waals surface area contributed by atoms with E-state index in [1.165, 1.54) is 5.56 Å². The molecule has 0 bridgehead atoms. The summed E-state index contributed by atoms with van der Waals surface area (Å²) >= 11 is 5.15. The van der Waals surface area contributed by atoms with Crippen molar-refractivity contribution in [2.24, 2.45) is 10.1 Å². The summed E-state index contributed by atoms with van der Waals surface area (Å²) < 4.78 is 2.93. The van der Waals surface area contributed by atoms with Gasteiger partial charge in [-0.3, -0.25) is 9.98 Å². The zero-order valence-corrected chi connectivity index (χ0v) is 18.1. The van der Waals surface area contributed by atoms with Crippen molar-refractivity contribution in [2.45, 2.75) is 6.42 Å². The second-order valence-electron chi connectivity index (χ2n) is 6.34. The number of pyridine rings is 1. The molecular weight excluding hydrogens is 444 g/mol. The van der Waals surface area contributed by atoms with Crippen LogP contribution in [0.2, 0.25) is 0 Å². The lowest BCUT2D eigenvalue weighted by Crippen LogP contribution is -2.13. The Morgan fingerprint density at radius 3 is 2.66 bits per heavy atom. The zero-order valence-electron chi connectivity index (χ0n) is 15.6. The third kappa shape index (κ3) is 5.16. The highest BCUT2D eigenvalue weighted by Gasteiger charge is 2.08. The van der Waals surface area contributed by atoms with Gasteiger partial charge in [0.25, 0.3) is 0 Å². The lowest BCUT2D eigenvalue weighted by atomic mass is 10.2. The molecule has 2 aromatic heterocycles. The van der Waals surface area contributed by atoms with Crippen molar-refractivity contribution < 1.29 is 0 Å². The zero-order chi connectivity index (χ0) is 19.9. The van der Waals surface area contributed by atoms with E-state index < -0.39 is 0 Å². The highest BCUT2D eigenvalue weighted by Crippen LogP contribution is 2.23. The molecule has 0 unspecified atom stereocenters. The number of rotatable bonds is 6. The first-order valence-corrected chi connectivity index (χ1v) is 10.9. The molecule has 0 aliphatic carbocycles. The first-order chi connectivity index (χ1) is 14.3. The molecule has 2 heterocycles. The van der Waals surface area contributed by atoms with Gasteiger partial charge in [0.15, 0.2) is 0 Å². The molecule has 29 heavy (non-hydrogen) atoms. The maximum atomic E-state index is 4.82. The van der Waals surface area contributed by atoms with Gasteiger partial charge in [-0.05, 0) is 36.2 Å². The predicted molar refractivity (Wildman–Crippen MR) is 123 cm³/mol. The van der Waals surface area contributed by atoms with Gasteiger partial charge in [0.2, 0.25) is 4.80 Å². The maximum absolute atomic E-state index is 4.82. The molecule has 0 amide bonds. The van der Waals surface area contributed by atoms with Crippen LogP contribution in [-0.4, -0.2) is 22.4 Å². The number of nitrogens with zero attached hydrogens (tertiary/aromatic N) is 4. The molecular formula is C23H19BrN4S. The van der Waals surface area contributed by atoms with Crippen LogP contribution in [0.5, 0.6) is 0 Å². The molecule has 0 saturated carbocycles.